The lowest BCUT2D eigenvalue weighted by atomic mass is 9.75. The number of thiocarbonyl (C=S) groups is 1. The lowest BCUT2D eigenvalue weighted by molar-refractivity contribution is -0.138. The monoisotopic (exact) mass is 814 g/mol. The Morgan fingerprint density at radius 2 is 1.81 bits per heavy atom. The number of hydrogen-bond donors (Lipinski definition) is 1. The predicted octanol–water partition coefficient (Wildman–Crippen LogP) is 6.48. The third-order valence-electron chi connectivity index (χ3n) is 11.9. The first-order valence-corrected chi connectivity index (χ1v) is 20.3. The molecule has 1 spiro atoms. The second-order valence-electron chi connectivity index (χ2n) is 15.7. The molecule has 3 amide bonds. The number of ether oxygens (including phenoxy) is 1. The van der Waals surface area contributed by atoms with Gasteiger partial charge in [-0.25, -0.2) is 4.98 Å². The topological polar surface area (TPSA) is 136 Å². The van der Waals surface area contributed by atoms with Crippen LogP contribution in [0.2, 0.25) is 0 Å². The summed E-state index contributed by atoms with van der Waals surface area (Å²) in [6.45, 7) is 4.54. The van der Waals surface area contributed by atoms with E-state index in [2.05, 4.69) is 15.2 Å². The number of ketones is 1. The van der Waals surface area contributed by atoms with E-state index in [0.717, 1.165) is 78.4 Å². The number of nitrogens with zero attached hydrogens (tertiary/aromatic N) is 5. The summed E-state index contributed by atoms with van der Waals surface area (Å²) in [5, 5.41) is 11.7. The van der Waals surface area contributed by atoms with E-state index in [0.29, 0.717) is 69.7 Å². The zero-order valence-corrected chi connectivity index (χ0v) is 33.1. The first kappa shape index (κ1) is 41.0. The van der Waals surface area contributed by atoms with Crippen molar-refractivity contribution in [1.82, 2.24) is 15.2 Å². The highest BCUT2D eigenvalue weighted by Gasteiger charge is 2.60. The number of likely N-dealkylation sites (tertiary alicyclic amines) is 1. The molecular formula is C43H45F3N6O5S. The Morgan fingerprint density at radius 1 is 1.05 bits per heavy atom. The lowest BCUT2D eigenvalue weighted by Gasteiger charge is -2.43. The average Bonchev–Trinajstić information content (AvgIpc) is 3.42. The molecule has 1 aliphatic carbocycles. The molecule has 1 unspecified atom stereocenters. The molecule has 7 rings (SSSR count). The van der Waals surface area contributed by atoms with Crippen LogP contribution in [0.25, 0.3) is 0 Å². The number of hydrogen-bond acceptors (Lipinski definition) is 9. The number of amides is 3. The third-order valence-corrected chi connectivity index (χ3v) is 12.3. The first-order valence-electron chi connectivity index (χ1n) is 19.9. The summed E-state index contributed by atoms with van der Waals surface area (Å²) in [4.78, 5) is 59.4. The molecule has 11 nitrogen and oxygen atoms in total. The molecule has 0 bridgehead atoms. The van der Waals surface area contributed by atoms with Crippen molar-refractivity contribution in [3.8, 4) is 11.8 Å². The van der Waals surface area contributed by atoms with Crippen LogP contribution in [0.3, 0.4) is 0 Å². The van der Waals surface area contributed by atoms with Crippen molar-refractivity contribution in [2.45, 2.75) is 89.3 Å². The Balaban J connectivity index is 0.910. The van der Waals surface area contributed by atoms with Gasteiger partial charge in [-0.15, -0.1) is 0 Å². The number of Topliss-reactive ketones (excluding diaryl/α,β-unsaturated/α-hetero) is 1. The summed E-state index contributed by atoms with van der Waals surface area (Å²) in [5.41, 5.74) is 0.337. The zero-order chi connectivity index (χ0) is 41.2. The van der Waals surface area contributed by atoms with Gasteiger partial charge in [-0.3, -0.25) is 34.3 Å². The van der Waals surface area contributed by atoms with Gasteiger partial charge < -0.3 is 9.64 Å². The SMILES string of the molecule is CCc1cc(N2C(=S)N(c3cnc(C#N)c(C(F)(F)F)c3)C(=O)C23CCC3)ccc1OCCC1CCN(CC(=O)Cc2cccc(CC3CCC(=O)NC3=O)c2)CC1. The molecule has 4 heterocycles. The van der Waals surface area contributed by atoms with Gasteiger partial charge in [0.05, 0.1) is 30.6 Å². The quantitative estimate of drug-likeness (QED) is 0.151. The van der Waals surface area contributed by atoms with Gasteiger partial charge >= 0.3 is 6.18 Å². The van der Waals surface area contributed by atoms with Crippen LogP contribution < -0.4 is 19.9 Å². The Labute approximate surface area is 340 Å². The molecule has 1 N–H and O–H groups in total. The number of benzene rings is 2. The van der Waals surface area contributed by atoms with Gasteiger partial charge in [0, 0.05) is 24.4 Å². The molecule has 1 aromatic heterocycles. The Bertz CT molecular complexity index is 2160. The predicted molar refractivity (Wildman–Crippen MR) is 213 cm³/mol. The van der Waals surface area contributed by atoms with E-state index in [4.69, 9.17) is 17.0 Å². The molecule has 2 aromatic carbocycles. The van der Waals surface area contributed by atoms with Gasteiger partial charge in [-0.05, 0) is 130 Å². The number of nitriles is 1. The van der Waals surface area contributed by atoms with Crippen LogP contribution in [-0.4, -0.2) is 70.3 Å². The zero-order valence-electron chi connectivity index (χ0n) is 32.3. The highest BCUT2D eigenvalue weighted by Crippen LogP contribution is 2.49. The number of imide groups is 1. The molecule has 4 fully saturated rings. The second kappa shape index (κ2) is 17.0. The van der Waals surface area contributed by atoms with Gasteiger partial charge in [-0.2, -0.15) is 18.4 Å². The summed E-state index contributed by atoms with van der Waals surface area (Å²) in [6, 6.07) is 15.7. The van der Waals surface area contributed by atoms with Crippen LogP contribution in [0.4, 0.5) is 24.5 Å². The molecule has 58 heavy (non-hydrogen) atoms. The number of rotatable bonds is 13. The van der Waals surface area contributed by atoms with E-state index >= 15 is 0 Å². The first-order chi connectivity index (χ1) is 27.8. The molecule has 1 atom stereocenters. The molecule has 3 aliphatic heterocycles. The largest absolute Gasteiger partial charge is 0.493 e. The lowest BCUT2D eigenvalue weighted by Crippen LogP contribution is -2.55. The number of carbonyl (C=O) groups excluding carboxylic acids is 4. The van der Waals surface area contributed by atoms with E-state index < -0.39 is 28.9 Å². The normalized spacial score (nSPS) is 19.9. The fourth-order valence-electron chi connectivity index (χ4n) is 8.60. The number of aromatic nitrogens is 1. The van der Waals surface area contributed by atoms with Crippen molar-refractivity contribution in [2.75, 3.05) is 36.0 Å². The summed E-state index contributed by atoms with van der Waals surface area (Å²) < 4.78 is 47.7. The number of halogens is 3. The van der Waals surface area contributed by atoms with E-state index in [-0.39, 0.29) is 34.3 Å². The minimum Gasteiger partial charge on any atom is -0.493 e. The summed E-state index contributed by atoms with van der Waals surface area (Å²) in [7, 11) is 0. The van der Waals surface area contributed by atoms with Crippen molar-refractivity contribution in [3.05, 3.63) is 82.7 Å². The van der Waals surface area contributed by atoms with Crippen LogP contribution in [0.15, 0.2) is 54.7 Å². The van der Waals surface area contributed by atoms with Crippen molar-refractivity contribution in [1.29, 1.82) is 5.26 Å². The van der Waals surface area contributed by atoms with E-state index in [9.17, 15) is 37.6 Å². The van der Waals surface area contributed by atoms with E-state index in [1.54, 1.807) is 4.90 Å². The summed E-state index contributed by atoms with van der Waals surface area (Å²) in [6.07, 6.45) is 3.15. The highest BCUT2D eigenvalue weighted by molar-refractivity contribution is 7.81. The number of alkyl halides is 3. The van der Waals surface area contributed by atoms with Crippen LogP contribution in [-0.2, 0) is 44.6 Å². The molecule has 304 valence electrons. The molecule has 3 aromatic rings. The number of pyridine rings is 1. The molecule has 1 saturated carbocycles. The minimum absolute atomic E-state index is 0.0596. The van der Waals surface area contributed by atoms with Crippen molar-refractivity contribution >= 4 is 52.2 Å². The molecule has 3 saturated heterocycles. The standard InChI is InChI=1S/C43H45F3N6O5S/c1-2-30-22-32(52-41(58)51(40(56)42(52)14-4-15-42)33-23-35(43(44,45)46)36(24-47)48-25-33)8-9-37(30)57-18-13-27-11-16-50(17-12-27)26-34(53)21-29-6-3-5-28(19-29)20-31-7-10-38(54)49-39(31)55/h3,5-6,8-9,19,22-23,25,27,31H,2,4,7,10-18,20-21,26H2,1H3,(H,49,54,55). The van der Waals surface area contributed by atoms with Gasteiger partial charge in [0.1, 0.15) is 17.4 Å². The van der Waals surface area contributed by atoms with Crippen LogP contribution in [0.1, 0.15) is 86.2 Å². The van der Waals surface area contributed by atoms with Crippen LogP contribution in [0, 0.1) is 23.2 Å². The summed E-state index contributed by atoms with van der Waals surface area (Å²) in [5.74, 6) is 0.206. The van der Waals surface area contributed by atoms with Crippen molar-refractivity contribution in [2.24, 2.45) is 11.8 Å². The Kier molecular flexibility index (Phi) is 12.0. The van der Waals surface area contributed by atoms with Gasteiger partial charge in [0.2, 0.25) is 11.8 Å². The van der Waals surface area contributed by atoms with Gasteiger partial charge in [0.25, 0.3) is 5.91 Å². The molecule has 0 radical (unpaired) electrons. The summed E-state index contributed by atoms with van der Waals surface area (Å²) >= 11 is 5.79. The van der Waals surface area contributed by atoms with Crippen molar-refractivity contribution in [3.63, 3.8) is 0 Å². The maximum Gasteiger partial charge on any atom is 0.419 e. The van der Waals surface area contributed by atoms with Crippen LogP contribution >= 0.6 is 12.2 Å². The number of anilines is 2. The maximum absolute atomic E-state index is 13.9. The average molecular weight is 815 g/mol. The molecule has 4 aliphatic rings. The highest BCUT2D eigenvalue weighted by atomic mass is 32.1. The van der Waals surface area contributed by atoms with Gasteiger partial charge in [0.15, 0.2) is 16.6 Å². The van der Waals surface area contributed by atoms with E-state index in [1.165, 1.54) is 6.07 Å². The maximum atomic E-state index is 13.9. The minimum atomic E-state index is -4.84. The van der Waals surface area contributed by atoms with Crippen LogP contribution in [0.5, 0.6) is 5.75 Å². The third kappa shape index (κ3) is 8.49. The second-order valence-corrected chi connectivity index (χ2v) is 16.1. The Morgan fingerprint density at radius 3 is 2.48 bits per heavy atom. The van der Waals surface area contributed by atoms with Gasteiger partial charge in [-0.1, -0.05) is 31.2 Å². The number of piperidine rings is 2. The fourth-order valence-corrected chi connectivity index (χ4v) is 9.07. The fraction of sp³-hybridized carbons (Fsp3) is 0.465. The van der Waals surface area contributed by atoms with Crippen molar-refractivity contribution < 1.29 is 37.1 Å². The molecular weight excluding hydrogens is 770 g/mol. The number of nitrogens with one attached hydrogen (secondary N) is 1. The Hall–Kier alpha value is -5.20. The molecule has 15 heteroatoms. The number of aryl methyl sites for hydroxylation is 1. The number of carbonyl (C=O) groups is 4. The smallest absolute Gasteiger partial charge is 0.419 e. The van der Waals surface area contributed by atoms with E-state index in [1.807, 2.05) is 49.4 Å².